The normalized spacial score (nSPS) is 16.7. The van der Waals surface area contributed by atoms with E-state index in [0.717, 1.165) is 24.1 Å². The maximum absolute atomic E-state index is 13.1. The lowest BCUT2D eigenvalue weighted by Gasteiger charge is -2.14. The number of benzene rings is 2. The van der Waals surface area contributed by atoms with E-state index >= 15 is 0 Å². The lowest BCUT2D eigenvalue weighted by Crippen LogP contribution is -2.30. The summed E-state index contributed by atoms with van der Waals surface area (Å²) >= 11 is 3.45. The lowest BCUT2D eigenvalue weighted by molar-refractivity contribution is -0.122. The number of carbonyl (C=O) groups is 1. The average Bonchev–Trinajstić information content (AvgIpc) is 3.00. The molecule has 0 bridgehead atoms. The molecule has 1 heterocycles. The number of thioether (sulfide) groups is 1. The van der Waals surface area contributed by atoms with Crippen molar-refractivity contribution in [3.8, 4) is 11.5 Å². The molecular weight excluding hydrogens is 511 g/mol. The van der Waals surface area contributed by atoms with Gasteiger partial charge in [-0.2, -0.15) is 0 Å². The Hall–Kier alpha value is -2.00. The summed E-state index contributed by atoms with van der Waals surface area (Å²) in [6.07, 6.45) is 3.75. The van der Waals surface area contributed by atoms with E-state index in [2.05, 4.69) is 29.5 Å². The van der Waals surface area contributed by atoms with Crippen LogP contribution in [0.25, 0.3) is 6.08 Å². The molecule has 0 unspecified atom stereocenters. The van der Waals surface area contributed by atoms with Gasteiger partial charge in [-0.15, -0.1) is 0 Å². The Morgan fingerprint density at radius 2 is 1.97 bits per heavy atom. The average molecular weight is 536 g/mol. The molecule has 2 aromatic carbocycles. The first-order valence-corrected chi connectivity index (χ1v) is 11.8. The molecule has 1 aliphatic heterocycles. The van der Waals surface area contributed by atoms with Gasteiger partial charge in [0.2, 0.25) is 0 Å². The van der Waals surface area contributed by atoms with Crippen LogP contribution in [0.2, 0.25) is 0 Å². The molecule has 0 aromatic heterocycles. The van der Waals surface area contributed by atoms with Gasteiger partial charge in [-0.05, 0) is 90.5 Å². The predicted molar refractivity (Wildman–Crippen MR) is 132 cm³/mol. The first kappa shape index (κ1) is 22.7. The molecule has 1 N–H and O–H groups in total. The number of ether oxygens (including phenoxy) is 1. The molecule has 30 heavy (non-hydrogen) atoms. The second kappa shape index (κ2) is 10.3. The number of hydrogen-bond acceptors (Lipinski definition) is 5. The molecule has 5 nitrogen and oxygen atoms in total. The number of nitrogens with zero attached hydrogens (tertiary/aromatic N) is 2. The van der Waals surface area contributed by atoms with Crippen molar-refractivity contribution < 1.29 is 14.6 Å². The Morgan fingerprint density at radius 1 is 1.23 bits per heavy atom. The number of phenols is 1. The van der Waals surface area contributed by atoms with E-state index in [9.17, 15) is 9.90 Å². The molecule has 7 heteroatoms. The third-order valence-electron chi connectivity index (χ3n) is 4.53. The van der Waals surface area contributed by atoms with Crippen LogP contribution < -0.4 is 4.74 Å². The topological polar surface area (TPSA) is 62.1 Å². The molecule has 0 radical (unpaired) electrons. The number of hydrogen-bond donors (Lipinski definition) is 1. The zero-order valence-electron chi connectivity index (χ0n) is 17.3. The summed E-state index contributed by atoms with van der Waals surface area (Å²) in [5.41, 5.74) is 2.81. The van der Waals surface area contributed by atoms with E-state index in [-0.39, 0.29) is 11.7 Å². The Balaban J connectivity index is 1.96. The molecule has 1 aliphatic rings. The number of carbonyl (C=O) groups excluding carboxylic acids is 1. The van der Waals surface area contributed by atoms with Crippen LogP contribution in [0.5, 0.6) is 11.5 Å². The molecule has 0 atom stereocenters. The van der Waals surface area contributed by atoms with E-state index in [1.807, 2.05) is 50.3 Å². The Labute approximate surface area is 195 Å². The van der Waals surface area contributed by atoms with Gasteiger partial charge >= 0.3 is 0 Å². The highest BCUT2D eigenvalue weighted by Gasteiger charge is 2.33. The molecule has 0 aliphatic carbocycles. The Morgan fingerprint density at radius 3 is 2.63 bits per heavy atom. The second-order valence-electron chi connectivity index (χ2n) is 6.93. The number of amidine groups is 1. The van der Waals surface area contributed by atoms with Crippen molar-refractivity contribution in [1.29, 1.82) is 0 Å². The van der Waals surface area contributed by atoms with Crippen molar-refractivity contribution in [3.05, 3.63) is 56.0 Å². The number of halogens is 1. The lowest BCUT2D eigenvalue weighted by atomic mass is 10.2. The zero-order chi connectivity index (χ0) is 21.7. The zero-order valence-corrected chi connectivity index (χ0v) is 20.3. The molecule has 3 rings (SSSR count). The minimum Gasteiger partial charge on any atom is -0.504 e. The highest BCUT2D eigenvalue weighted by molar-refractivity contribution is 14.1. The Kier molecular flexibility index (Phi) is 7.82. The fourth-order valence-electron chi connectivity index (χ4n) is 2.93. The third kappa shape index (κ3) is 5.37. The number of aromatic hydroxyl groups is 1. The third-order valence-corrected chi connectivity index (χ3v) is 6.36. The van der Waals surface area contributed by atoms with Crippen LogP contribution >= 0.6 is 34.4 Å². The number of amides is 1. The number of rotatable bonds is 7. The van der Waals surface area contributed by atoms with Crippen molar-refractivity contribution in [1.82, 2.24) is 4.90 Å². The second-order valence-corrected chi connectivity index (χ2v) is 9.10. The van der Waals surface area contributed by atoms with Crippen molar-refractivity contribution in [3.63, 3.8) is 0 Å². The Bertz CT molecular complexity index is 987. The maximum atomic E-state index is 13.1. The number of aliphatic imine (C=N–C) groups is 1. The van der Waals surface area contributed by atoms with Crippen LogP contribution in [0.1, 0.15) is 37.8 Å². The van der Waals surface area contributed by atoms with Crippen LogP contribution in [-0.4, -0.2) is 34.2 Å². The summed E-state index contributed by atoms with van der Waals surface area (Å²) < 4.78 is 6.20. The summed E-state index contributed by atoms with van der Waals surface area (Å²) in [5, 5.41) is 10.9. The van der Waals surface area contributed by atoms with Gasteiger partial charge in [0.05, 0.1) is 20.8 Å². The van der Waals surface area contributed by atoms with Gasteiger partial charge in [0.25, 0.3) is 5.91 Å². The summed E-state index contributed by atoms with van der Waals surface area (Å²) in [6, 6.07) is 11.6. The number of unbranched alkanes of at least 4 members (excludes halogenated alkanes) is 1. The maximum Gasteiger partial charge on any atom is 0.266 e. The SMILES string of the molecule is CCCCN1C(=O)/C(=C\c2cc(I)c(O)c(OCC)c2)SC1=Nc1ccc(C)cc1. The van der Waals surface area contributed by atoms with Crippen molar-refractivity contribution in [2.75, 3.05) is 13.2 Å². The number of aryl methyl sites for hydroxylation is 1. The molecule has 1 saturated heterocycles. The monoisotopic (exact) mass is 536 g/mol. The van der Waals surface area contributed by atoms with Crippen LogP contribution in [-0.2, 0) is 4.79 Å². The van der Waals surface area contributed by atoms with E-state index in [1.54, 1.807) is 11.0 Å². The van der Waals surface area contributed by atoms with Gasteiger partial charge in [0, 0.05) is 6.54 Å². The first-order valence-electron chi connectivity index (χ1n) is 9.95. The summed E-state index contributed by atoms with van der Waals surface area (Å²) in [5.74, 6) is 0.500. The summed E-state index contributed by atoms with van der Waals surface area (Å²) in [6.45, 7) is 7.11. The summed E-state index contributed by atoms with van der Waals surface area (Å²) in [4.78, 5) is 20.2. The first-order chi connectivity index (χ1) is 14.4. The summed E-state index contributed by atoms with van der Waals surface area (Å²) in [7, 11) is 0. The van der Waals surface area contributed by atoms with Gasteiger partial charge in [0.1, 0.15) is 0 Å². The predicted octanol–water partition coefficient (Wildman–Crippen LogP) is 6.11. The van der Waals surface area contributed by atoms with E-state index in [0.29, 0.717) is 32.5 Å². The molecule has 158 valence electrons. The van der Waals surface area contributed by atoms with Crippen LogP contribution in [0.4, 0.5) is 5.69 Å². The minimum absolute atomic E-state index is 0.0413. The smallest absolute Gasteiger partial charge is 0.266 e. The molecule has 0 saturated carbocycles. The van der Waals surface area contributed by atoms with Crippen molar-refractivity contribution in [2.45, 2.75) is 33.6 Å². The molecule has 1 amide bonds. The molecule has 0 spiro atoms. The van der Waals surface area contributed by atoms with Crippen molar-refractivity contribution in [2.24, 2.45) is 4.99 Å². The van der Waals surface area contributed by atoms with Crippen LogP contribution in [0.3, 0.4) is 0 Å². The highest BCUT2D eigenvalue weighted by Crippen LogP contribution is 2.37. The largest absolute Gasteiger partial charge is 0.504 e. The molecular formula is C23H25IN2O3S. The highest BCUT2D eigenvalue weighted by atomic mass is 127. The van der Waals surface area contributed by atoms with E-state index in [4.69, 9.17) is 9.73 Å². The van der Waals surface area contributed by atoms with E-state index in [1.165, 1.54) is 17.3 Å². The van der Waals surface area contributed by atoms with Gasteiger partial charge < -0.3 is 9.84 Å². The van der Waals surface area contributed by atoms with Gasteiger partial charge in [0.15, 0.2) is 16.7 Å². The van der Waals surface area contributed by atoms with Gasteiger partial charge in [-0.3, -0.25) is 9.69 Å². The number of phenolic OH excluding ortho intramolecular Hbond substituents is 1. The van der Waals surface area contributed by atoms with Crippen molar-refractivity contribution >= 4 is 57.2 Å². The minimum atomic E-state index is -0.0413. The fourth-order valence-corrected chi connectivity index (χ4v) is 4.58. The van der Waals surface area contributed by atoms with Crippen LogP contribution in [0.15, 0.2) is 46.3 Å². The molecule has 1 fully saturated rings. The fraction of sp³-hybridized carbons (Fsp3) is 0.304. The van der Waals surface area contributed by atoms with Gasteiger partial charge in [-0.25, -0.2) is 4.99 Å². The van der Waals surface area contributed by atoms with Gasteiger partial charge in [-0.1, -0.05) is 31.0 Å². The van der Waals surface area contributed by atoms with Crippen LogP contribution in [0, 0.1) is 10.5 Å². The molecule has 2 aromatic rings. The quantitative estimate of drug-likeness (QED) is 0.343. The standard InChI is InChI=1S/C23H25IN2O3S/c1-4-6-11-26-22(28)20(30-23(26)25-17-9-7-15(3)8-10-17)14-16-12-18(24)21(27)19(13-16)29-5-2/h7-10,12-14,27H,4-6,11H2,1-3H3/b20-14+,25-23?. The van der Waals surface area contributed by atoms with E-state index < -0.39 is 0 Å².